The Morgan fingerprint density at radius 2 is 1.64 bits per heavy atom. The maximum atomic E-state index is 12.8. The topological polar surface area (TPSA) is 105 Å². The van der Waals surface area contributed by atoms with Gasteiger partial charge in [0.25, 0.3) is 5.91 Å². The van der Waals surface area contributed by atoms with Crippen molar-refractivity contribution < 1.29 is 17.6 Å². The number of anilines is 1. The minimum Gasteiger partial charge on any atom is -0.407 e. The fourth-order valence-corrected chi connectivity index (χ4v) is 4.47. The van der Waals surface area contributed by atoms with Gasteiger partial charge in [0, 0.05) is 24.1 Å². The third-order valence-corrected chi connectivity index (χ3v) is 6.52. The molecule has 0 aliphatic carbocycles. The zero-order valence-electron chi connectivity index (χ0n) is 16.4. The number of rotatable bonds is 4. The lowest BCUT2D eigenvalue weighted by Gasteiger charge is -2.19. The first-order chi connectivity index (χ1) is 13.2. The van der Waals surface area contributed by atoms with Gasteiger partial charge in [0.2, 0.25) is 15.9 Å². The zero-order valence-corrected chi connectivity index (χ0v) is 17.3. The van der Waals surface area contributed by atoms with E-state index in [1.807, 2.05) is 20.8 Å². The molecule has 9 heteroatoms. The summed E-state index contributed by atoms with van der Waals surface area (Å²) in [6, 6.07) is 5.91. The molecular weight excluding hydrogens is 380 g/mol. The van der Waals surface area contributed by atoms with E-state index < -0.39 is 15.9 Å². The Bertz CT molecular complexity index is 922. The van der Waals surface area contributed by atoms with Gasteiger partial charge in [-0.2, -0.15) is 4.31 Å². The first-order valence-corrected chi connectivity index (χ1v) is 10.9. The van der Waals surface area contributed by atoms with Crippen molar-refractivity contribution >= 4 is 21.9 Å². The van der Waals surface area contributed by atoms with E-state index >= 15 is 0 Å². The monoisotopic (exact) mass is 406 g/mol. The van der Waals surface area contributed by atoms with Crippen LogP contribution < -0.4 is 5.32 Å². The van der Waals surface area contributed by atoms with Gasteiger partial charge >= 0.3 is 6.01 Å². The number of nitrogens with zero attached hydrogens (tertiary/aromatic N) is 3. The lowest BCUT2D eigenvalue weighted by Crippen LogP contribution is -2.31. The van der Waals surface area contributed by atoms with Gasteiger partial charge in [-0.1, -0.05) is 38.7 Å². The van der Waals surface area contributed by atoms with Crippen LogP contribution in [-0.2, 0) is 15.4 Å². The summed E-state index contributed by atoms with van der Waals surface area (Å²) >= 11 is 0. The first-order valence-electron chi connectivity index (χ1n) is 9.43. The van der Waals surface area contributed by atoms with E-state index in [1.54, 1.807) is 0 Å². The van der Waals surface area contributed by atoms with Gasteiger partial charge in [0.05, 0.1) is 4.90 Å². The maximum Gasteiger partial charge on any atom is 0.322 e. The van der Waals surface area contributed by atoms with Crippen LogP contribution in [0.1, 0.15) is 62.7 Å². The SMILES string of the molecule is CC(C)(C)c1nnc(NC(=O)c2ccc(S(=O)(=O)N3CCCCCC3)cc2)o1. The molecule has 2 aromatic rings. The molecule has 1 aromatic heterocycles. The highest BCUT2D eigenvalue weighted by atomic mass is 32.2. The predicted molar refractivity (Wildman–Crippen MR) is 105 cm³/mol. The molecule has 3 rings (SSSR count). The molecular formula is C19H26N4O4S. The zero-order chi connectivity index (χ0) is 20.4. The lowest BCUT2D eigenvalue weighted by atomic mass is 9.97. The summed E-state index contributed by atoms with van der Waals surface area (Å²) in [7, 11) is -3.54. The third kappa shape index (κ3) is 4.59. The smallest absolute Gasteiger partial charge is 0.322 e. The highest BCUT2D eigenvalue weighted by Crippen LogP contribution is 2.23. The Labute approximate surface area is 165 Å². The number of hydrogen-bond acceptors (Lipinski definition) is 6. The highest BCUT2D eigenvalue weighted by Gasteiger charge is 2.26. The molecule has 2 heterocycles. The number of amides is 1. The van der Waals surface area contributed by atoms with Crippen LogP contribution in [0.25, 0.3) is 0 Å². The van der Waals surface area contributed by atoms with Crippen LogP contribution in [0.15, 0.2) is 33.6 Å². The van der Waals surface area contributed by atoms with Crippen LogP contribution in [-0.4, -0.2) is 41.9 Å². The molecule has 0 atom stereocenters. The average molecular weight is 407 g/mol. The molecule has 0 radical (unpaired) electrons. The van der Waals surface area contributed by atoms with Gasteiger partial charge in [-0.15, -0.1) is 5.10 Å². The summed E-state index contributed by atoms with van der Waals surface area (Å²) in [5.41, 5.74) is -0.00964. The van der Waals surface area contributed by atoms with E-state index in [2.05, 4.69) is 15.5 Å². The Balaban J connectivity index is 1.71. The van der Waals surface area contributed by atoms with E-state index in [4.69, 9.17) is 4.42 Å². The molecule has 1 aliphatic heterocycles. The van der Waals surface area contributed by atoms with Crippen molar-refractivity contribution in [3.05, 3.63) is 35.7 Å². The second-order valence-corrected chi connectivity index (χ2v) is 9.90. The molecule has 152 valence electrons. The minimum absolute atomic E-state index is 0.0104. The number of benzene rings is 1. The number of hydrogen-bond donors (Lipinski definition) is 1. The minimum atomic E-state index is -3.54. The summed E-state index contributed by atoms with van der Waals surface area (Å²) in [5, 5.41) is 10.3. The number of carbonyl (C=O) groups excluding carboxylic acids is 1. The van der Waals surface area contributed by atoms with Crippen LogP contribution in [0, 0.1) is 0 Å². The molecule has 1 N–H and O–H groups in total. The van der Waals surface area contributed by atoms with Crippen LogP contribution >= 0.6 is 0 Å². The Morgan fingerprint density at radius 1 is 1.04 bits per heavy atom. The van der Waals surface area contributed by atoms with Crippen molar-refractivity contribution in [3.8, 4) is 0 Å². The molecule has 8 nitrogen and oxygen atoms in total. The van der Waals surface area contributed by atoms with Crippen molar-refractivity contribution in [2.45, 2.75) is 56.8 Å². The molecule has 1 aliphatic rings. The van der Waals surface area contributed by atoms with Crippen LogP contribution in [0.2, 0.25) is 0 Å². The van der Waals surface area contributed by atoms with Gasteiger partial charge in [-0.25, -0.2) is 8.42 Å². The van der Waals surface area contributed by atoms with Crippen LogP contribution in [0.4, 0.5) is 6.01 Å². The van der Waals surface area contributed by atoms with Crippen LogP contribution in [0.5, 0.6) is 0 Å². The van der Waals surface area contributed by atoms with E-state index in [0.717, 1.165) is 25.7 Å². The molecule has 0 saturated carbocycles. The lowest BCUT2D eigenvalue weighted by molar-refractivity contribution is 0.102. The fourth-order valence-electron chi connectivity index (χ4n) is 2.96. The van der Waals surface area contributed by atoms with Crippen molar-refractivity contribution in [1.82, 2.24) is 14.5 Å². The normalized spacial score (nSPS) is 16.5. The van der Waals surface area contributed by atoms with Crippen molar-refractivity contribution in [3.63, 3.8) is 0 Å². The highest BCUT2D eigenvalue weighted by molar-refractivity contribution is 7.89. The standard InChI is InChI=1S/C19H26N4O4S/c1-19(2,3)17-21-22-18(27-17)20-16(24)14-8-10-15(11-9-14)28(25,26)23-12-6-4-5-7-13-23/h8-11H,4-7,12-13H2,1-3H3,(H,20,22,24). The Hall–Kier alpha value is -2.26. The molecule has 0 bridgehead atoms. The number of sulfonamides is 1. The number of aromatic nitrogens is 2. The predicted octanol–water partition coefficient (Wildman–Crippen LogP) is 3.18. The van der Waals surface area contributed by atoms with Gasteiger partial charge < -0.3 is 4.42 Å². The van der Waals surface area contributed by atoms with Crippen molar-refractivity contribution in [1.29, 1.82) is 0 Å². The van der Waals surface area contributed by atoms with Crippen molar-refractivity contribution in [2.24, 2.45) is 0 Å². The van der Waals surface area contributed by atoms with E-state index in [0.29, 0.717) is 24.5 Å². The second kappa shape index (κ2) is 8.00. The fraction of sp³-hybridized carbons (Fsp3) is 0.526. The Morgan fingerprint density at radius 3 is 2.18 bits per heavy atom. The molecule has 0 spiro atoms. The summed E-state index contributed by atoms with van der Waals surface area (Å²) in [6.45, 7) is 6.86. The van der Waals surface area contributed by atoms with Crippen molar-refractivity contribution in [2.75, 3.05) is 18.4 Å². The maximum absolute atomic E-state index is 12.8. The summed E-state index contributed by atoms with van der Waals surface area (Å²) < 4.78 is 32.6. The third-order valence-electron chi connectivity index (χ3n) is 4.61. The molecule has 28 heavy (non-hydrogen) atoms. The van der Waals surface area contributed by atoms with E-state index in [-0.39, 0.29) is 16.3 Å². The number of nitrogens with one attached hydrogen (secondary N) is 1. The Kier molecular flexibility index (Phi) is 5.85. The first kappa shape index (κ1) is 20.5. The molecule has 1 saturated heterocycles. The van der Waals surface area contributed by atoms with Gasteiger partial charge in [-0.3, -0.25) is 10.1 Å². The summed E-state index contributed by atoms with van der Waals surface area (Å²) in [4.78, 5) is 12.6. The second-order valence-electron chi connectivity index (χ2n) is 7.96. The van der Waals surface area contributed by atoms with E-state index in [9.17, 15) is 13.2 Å². The van der Waals surface area contributed by atoms with E-state index in [1.165, 1.54) is 28.6 Å². The van der Waals surface area contributed by atoms with Gasteiger partial charge in [-0.05, 0) is 37.1 Å². The summed E-state index contributed by atoms with van der Waals surface area (Å²) in [6.07, 6.45) is 3.86. The van der Waals surface area contributed by atoms with Crippen LogP contribution in [0.3, 0.4) is 0 Å². The largest absolute Gasteiger partial charge is 0.407 e. The molecule has 1 aromatic carbocycles. The summed E-state index contributed by atoms with van der Waals surface area (Å²) in [5.74, 6) is -0.0236. The molecule has 1 fully saturated rings. The van der Waals surface area contributed by atoms with Gasteiger partial charge in [0.15, 0.2) is 0 Å². The molecule has 0 unspecified atom stereocenters. The van der Waals surface area contributed by atoms with Gasteiger partial charge in [0.1, 0.15) is 0 Å². The average Bonchev–Trinajstić information content (AvgIpc) is 2.94. The quantitative estimate of drug-likeness (QED) is 0.836. The number of carbonyl (C=O) groups is 1. The molecule has 1 amide bonds.